The maximum Gasteiger partial charge on any atom is 0.331 e. The van der Waals surface area contributed by atoms with Gasteiger partial charge < -0.3 is 5.11 Å². The van der Waals surface area contributed by atoms with Gasteiger partial charge in [-0.1, -0.05) is 30.3 Å². The molecule has 0 spiro atoms. The number of nitrogens with one attached hydrogen (secondary N) is 1. The molecule has 0 fully saturated rings. The third-order valence-corrected chi connectivity index (χ3v) is 3.70. The average molecular weight is 268 g/mol. The summed E-state index contributed by atoms with van der Waals surface area (Å²) in [7, 11) is 0. The number of benzene rings is 1. The Bertz CT molecular complexity index is 656. The molecule has 1 aromatic carbocycles. The number of nitrogens with zero attached hydrogens (tertiary/aromatic N) is 1. The third-order valence-electron chi connectivity index (χ3n) is 3.70. The van der Waals surface area contributed by atoms with Crippen LogP contribution in [0.1, 0.15) is 31.4 Å². The first-order chi connectivity index (χ1) is 9.75. The van der Waals surface area contributed by atoms with Crippen molar-refractivity contribution in [3.05, 3.63) is 47.7 Å². The van der Waals surface area contributed by atoms with Crippen molar-refractivity contribution < 1.29 is 9.90 Å². The second kappa shape index (κ2) is 5.33. The number of allylic oxidation sites excluding steroid dienone is 1. The molecule has 3 rings (SSSR count). The topological polar surface area (TPSA) is 66.0 Å². The van der Waals surface area contributed by atoms with E-state index in [0.29, 0.717) is 12.0 Å². The lowest BCUT2D eigenvalue weighted by Crippen LogP contribution is -2.08. The lowest BCUT2D eigenvalue weighted by molar-refractivity contribution is -0.132. The summed E-state index contributed by atoms with van der Waals surface area (Å²) in [6, 6.07) is 11.9. The molecule has 0 bridgehead atoms. The molecule has 1 aromatic heterocycles. The van der Waals surface area contributed by atoms with Crippen LogP contribution in [0.3, 0.4) is 0 Å². The van der Waals surface area contributed by atoms with E-state index in [1.165, 1.54) is 0 Å². The molecule has 2 aromatic rings. The van der Waals surface area contributed by atoms with Crippen LogP contribution in [-0.2, 0) is 4.79 Å². The summed E-state index contributed by atoms with van der Waals surface area (Å²) in [6.45, 7) is 0. The fourth-order valence-electron chi connectivity index (χ4n) is 2.67. The summed E-state index contributed by atoms with van der Waals surface area (Å²) in [4.78, 5) is 11.3. The van der Waals surface area contributed by atoms with E-state index in [4.69, 9.17) is 0 Å². The summed E-state index contributed by atoms with van der Waals surface area (Å²) in [6.07, 6.45) is 3.40. The molecule has 0 radical (unpaired) electrons. The van der Waals surface area contributed by atoms with E-state index in [1.807, 2.05) is 36.4 Å². The van der Waals surface area contributed by atoms with Gasteiger partial charge in [-0.05, 0) is 42.9 Å². The van der Waals surface area contributed by atoms with Crippen LogP contribution < -0.4 is 0 Å². The molecule has 4 nitrogen and oxygen atoms in total. The molecule has 1 heterocycles. The van der Waals surface area contributed by atoms with Crippen LogP contribution >= 0.6 is 0 Å². The van der Waals surface area contributed by atoms with Crippen LogP contribution in [0.4, 0.5) is 0 Å². The first kappa shape index (κ1) is 12.7. The number of hydrogen-bond acceptors (Lipinski definition) is 2. The number of hydrogen-bond donors (Lipinski definition) is 2. The maximum atomic E-state index is 11.3. The van der Waals surface area contributed by atoms with Crippen molar-refractivity contribution in [2.45, 2.75) is 25.7 Å². The van der Waals surface area contributed by atoms with Crippen molar-refractivity contribution in [3.8, 4) is 11.3 Å². The lowest BCUT2D eigenvalue weighted by Gasteiger charge is -2.15. The van der Waals surface area contributed by atoms with Crippen LogP contribution in [0.25, 0.3) is 16.8 Å². The van der Waals surface area contributed by atoms with E-state index in [1.54, 1.807) is 0 Å². The van der Waals surface area contributed by atoms with Crippen LogP contribution in [0.15, 0.2) is 42.0 Å². The zero-order valence-corrected chi connectivity index (χ0v) is 11.1. The van der Waals surface area contributed by atoms with E-state index in [0.717, 1.165) is 41.8 Å². The van der Waals surface area contributed by atoms with Gasteiger partial charge in [-0.2, -0.15) is 5.10 Å². The molecule has 0 atom stereocenters. The van der Waals surface area contributed by atoms with E-state index in [-0.39, 0.29) is 0 Å². The highest BCUT2D eigenvalue weighted by atomic mass is 16.4. The SMILES string of the molecule is O=C(O)C1=C(c2cc(-c3ccccc3)[nH]n2)CCCC1. The highest BCUT2D eigenvalue weighted by Gasteiger charge is 2.21. The molecular weight excluding hydrogens is 252 g/mol. The Kier molecular flexibility index (Phi) is 3.37. The third kappa shape index (κ3) is 2.37. The van der Waals surface area contributed by atoms with Crippen LogP contribution in [0.2, 0.25) is 0 Å². The number of aromatic amines is 1. The average Bonchev–Trinajstić information content (AvgIpc) is 2.98. The molecular formula is C16H16N2O2. The van der Waals surface area contributed by atoms with Crippen molar-refractivity contribution in [2.75, 3.05) is 0 Å². The first-order valence-electron chi connectivity index (χ1n) is 6.82. The van der Waals surface area contributed by atoms with Crippen molar-refractivity contribution in [2.24, 2.45) is 0 Å². The monoisotopic (exact) mass is 268 g/mol. The number of carboxylic acid groups (broad SMARTS) is 1. The molecule has 1 aliphatic carbocycles. The fraction of sp³-hybridized carbons (Fsp3) is 0.250. The summed E-state index contributed by atoms with van der Waals surface area (Å²) in [5, 5.41) is 16.6. The zero-order chi connectivity index (χ0) is 13.9. The zero-order valence-electron chi connectivity index (χ0n) is 11.1. The van der Waals surface area contributed by atoms with E-state index < -0.39 is 5.97 Å². The molecule has 2 N–H and O–H groups in total. The van der Waals surface area contributed by atoms with Crippen LogP contribution in [0, 0.1) is 0 Å². The minimum atomic E-state index is -0.816. The number of carbonyl (C=O) groups is 1. The Hall–Kier alpha value is -2.36. The quantitative estimate of drug-likeness (QED) is 0.895. The predicted octanol–water partition coefficient (Wildman–Crippen LogP) is 3.49. The van der Waals surface area contributed by atoms with Crippen molar-refractivity contribution >= 4 is 11.5 Å². The van der Waals surface area contributed by atoms with Gasteiger partial charge in [-0.3, -0.25) is 5.10 Å². The molecule has 102 valence electrons. The second-order valence-electron chi connectivity index (χ2n) is 5.00. The molecule has 0 saturated carbocycles. The Balaban J connectivity index is 1.99. The van der Waals surface area contributed by atoms with E-state index in [9.17, 15) is 9.90 Å². The normalized spacial score (nSPS) is 15.4. The molecule has 4 heteroatoms. The van der Waals surface area contributed by atoms with Gasteiger partial charge in [0.25, 0.3) is 0 Å². The predicted molar refractivity (Wildman–Crippen MR) is 77.0 cm³/mol. The minimum Gasteiger partial charge on any atom is -0.478 e. The lowest BCUT2D eigenvalue weighted by atomic mass is 9.89. The number of aliphatic carboxylic acids is 1. The van der Waals surface area contributed by atoms with Crippen LogP contribution in [0.5, 0.6) is 0 Å². The van der Waals surface area contributed by atoms with Crippen molar-refractivity contribution in [1.82, 2.24) is 10.2 Å². The molecule has 0 unspecified atom stereocenters. The largest absolute Gasteiger partial charge is 0.478 e. The molecule has 20 heavy (non-hydrogen) atoms. The highest BCUT2D eigenvalue weighted by Crippen LogP contribution is 2.32. The van der Waals surface area contributed by atoms with E-state index >= 15 is 0 Å². The number of H-pyrrole nitrogens is 1. The van der Waals surface area contributed by atoms with Crippen molar-refractivity contribution in [3.63, 3.8) is 0 Å². The van der Waals surface area contributed by atoms with Gasteiger partial charge in [-0.25, -0.2) is 4.79 Å². The van der Waals surface area contributed by atoms with Crippen LogP contribution in [-0.4, -0.2) is 21.3 Å². The first-order valence-corrected chi connectivity index (χ1v) is 6.82. The maximum absolute atomic E-state index is 11.3. The Morgan fingerprint density at radius 1 is 1.15 bits per heavy atom. The van der Waals surface area contributed by atoms with Gasteiger partial charge in [-0.15, -0.1) is 0 Å². The number of aromatic nitrogens is 2. The molecule has 0 amide bonds. The molecule has 0 aliphatic heterocycles. The minimum absolute atomic E-state index is 0.516. The van der Waals surface area contributed by atoms with Gasteiger partial charge in [0.05, 0.1) is 11.4 Å². The highest BCUT2D eigenvalue weighted by molar-refractivity contribution is 5.96. The number of rotatable bonds is 3. The standard InChI is InChI=1S/C16H16N2O2/c19-16(20)13-9-5-4-8-12(13)15-10-14(17-18-15)11-6-2-1-3-7-11/h1-3,6-7,10H,4-5,8-9H2,(H,17,18)(H,19,20). The summed E-state index contributed by atoms with van der Waals surface area (Å²) in [5.74, 6) is -0.816. The molecule has 0 saturated heterocycles. The summed E-state index contributed by atoms with van der Waals surface area (Å²) in [5.41, 5.74) is 4.13. The fourth-order valence-corrected chi connectivity index (χ4v) is 2.67. The summed E-state index contributed by atoms with van der Waals surface area (Å²) >= 11 is 0. The van der Waals surface area contributed by atoms with E-state index in [2.05, 4.69) is 10.2 Å². The van der Waals surface area contributed by atoms with Crippen molar-refractivity contribution in [1.29, 1.82) is 0 Å². The Morgan fingerprint density at radius 2 is 1.90 bits per heavy atom. The van der Waals surface area contributed by atoms with Gasteiger partial charge in [0.15, 0.2) is 0 Å². The second-order valence-corrected chi connectivity index (χ2v) is 5.00. The van der Waals surface area contributed by atoms with Gasteiger partial charge in [0, 0.05) is 5.57 Å². The number of carboxylic acids is 1. The smallest absolute Gasteiger partial charge is 0.331 e. The molecule has 1 aliphatic rings. The Morgan fingerprint density at radius 3 is 2.65 bits per heavy atom. The van der Waals surface area contributed by atoms with Gasteiger partial charge >= 0.3 is 5.97 Å². The Labute approximate surface area is 117 Å². The summed E-state index contributed by atoms with van der Waals surface area (Å²) < 4.78 is 0. The van der Waals surface area contributed by atoms with Gasteiger partial charge in [0.2, 0.25) is 0 Å². The van der Waals surface area contributed by atoms with Gasteiger partial charge in [0.1, 0.15) is 0 Å².